The predicted molar refractivity (Wildman–Crippen MR) is 120 cm³/mol. The van der Waals surface area contributed by atoms with E-state index in [0.717, 1.165) is 47.7 Å². The van der Waals surface area contributed by atoms with Crippen molar-refractivity contribution in [3.8, 4) is 6.07 Å². The second-order valence-electron chi connectivity index (χ2n) is 8.89. The molecule has 0 N–H and O–H groups in total. The first-order valence-electron chi connectivity index (χ1n) is 10.8. The maximum absolute atomic E-state index is 12.7. The van der Waals surface area contributed by atoms with Gasteiger partial charge in [0, 0.05) is 40.9 Å². The minimum atomic E-state index is -0.777. The first-order chi connectivity index (χ1) is 14.6. The molecule has 0 radical (unpaired) electrons. The number of ketones is 1. The van der Waals surface area contributed by atoms with Crippen molar-refractivity contribution in [2.75, 3.05) is 6.61 Å². The number of rotatable bonds is 8. The summed E-state index contributed by atoms with van der Waals surface area (Å²) < 4.78 is 9.57. The Morgan fingerprint density at radius 1 is 1.16 bits per heavy atom. The lowest BCUT2D eigenvalue weighted by Gasteiger charge is -2.12. The normalized spacial score (nSPS) is 14.1. The standard InChI is InChI=1S/C25H31N3O3/c1-15(2)13-27-16(3)9-20(18(27)5)11-21(12-26)25(30)31-14-24(29)23-10-17(4)28(19(23)6)22-7-8-22/h9-11,15,22H,7-8,13-14H2,1-6H3/b21-11+. The van der Waals surface area contributed by atoms with Gasteiger partial charge in [-0.05, 0) is 70.2 Å². The minimum Gasteiger partial charge on any atom is -0.453 e. The number of hydrogen-bond donors (Lipinski definition) is 0. The van der Waals surface area contributed by atoms with E-state index in [9.17, 15) is 14.9 Å². The van der Waals surface area contributed by atoms with Crippen LogP contribution in [0.4, 0.5) is 0 Å². The molecule has 0 saturated heterocycles. The zero-order chi connectivity index (χ0) is 22.9. The summed E-state index contributed by atoms with van der Waals surface area (Å²) in [6.07, 6.45) is 3.81. The third-order valence-corrected chi connectivity index (χ3v) is 5.83. The lowest BCUT2D eigenvalue weighted by Crippen LogP contribution is -2.16. The summed E-state index contributed by atoms with van der Waals surface area (Å²) in [7, 11) is 0. The molecule has 1 fully saturated rings. The van der Waals surface area contributed by atoms with Crippen LogP contribution in [0.5, 0.6) is 0 Å². The maximum Gasteiger partial charge on any atom is 0.349 e. The Morgan fingerprint density at radius 3 is 2.42 bits per heavy atom. The van der Waals surface area contributed by atoms with Crippen molar-refractivity contribution in [2.24, 2.45) is 5.92 Å². The SMILES string of the molecule is Cc1cc(/C=C(\C#N)C(=O)OCC(=O)c2cc(C)n(C3CC3)c2C)c(C)n1CC(C)C. The van der Waals surface area contributed by atoms with Gasteiger partial charge >= 0.3 is 5.97 Å². The zero-order valence-electron chi connectivity index (χ0n) is 19.3. The largest absolute Gasteiger partial charge is 0.453 e. The van der Waals surface area contributed by atoms with Gasteiger partial charge in [0.2, 0.25) is 5.78 Å². The van der Waals surface area contributed by atoms with Crippen molar-refractivity contribution in [3.05, 3.63) is 51.6 Å². The first kappa shape index (κ1) is 22.6. The van der Waals surface area contributed by atoms with E-state index in [0.29, 0.717) is 17.5 Å². The van der Waals surface area contributed by atoms with Crippen LogP contribution in [-0.2, 0) is 16.1 Å². The topological polar surface area (TPSA) is 77.0 Å². The molecular weight excluding hydrogens is 390 g/mol. The lowest BCUT2D eigenvalue weighted by molar-refractivity contribution is -0.137. The van der Waals surface area contributed by atoms with Crippen LogP contribution in [0.25, 0.3) is 6.08 Å². The molecule has 1 aliphatic rings. The Balaban J connectivity index is 1.72. The molecule has 0 spiro atoms. The van der Waals surface area contributed by atoms with Gasteiger partial charge in [-0.2, -0.15) is 5.26 Å². The average molecular weight is 422 g/mol. The summed E-state index contributed by atoms with van der Waals surface area (Å²) in [6, 6.07) is 6.21. The Hall–Kier alpha value is -3.07. The van der Waals surface area contributed by atoms with Crippen LogP contribution in [0.2, 0.25) is 0 Å². The van der Waals surface area contributed by atoms with Crippen LogP contribution in [0.15, 0.2) is 17.7 Å². The smallest absolute Gasteiger partial charge is 0.349 e. The summed E-state index contributed by atoms with van der Waals surface area (Å²) in [6.45, 7) is 12.7. The summed E-state index contributed by atoms with van der Waals surface area (Å²) in [5.74, 6) is -0.545. The van der Waals surface area contributed by atoms with Crippen LogP contribution in [0, 0.1) is 44.9 Å². The summed E-state index contributed by atoms with van der Waals surface area (Å²) >= 11 is 0. The third-order valence-electron chi connectivity index (χ3n) is 5.83. The van der Waals surface area contributed by atoms with E-state index in [2.05, 4.69) is 23.0 Å². The highest BCUT2D eigenvalue weighted by Gasteiger charge is 2.28. The number of hydrogen-bond acceptors (Lipinski definition) is 4. The van der Waals surface area contributed by atoms with Crippen LogP contribution >= 0.6 is 0 Å². The quantitative estimate of drug-likeness (QED) is 0.264. The molecule has 1 aliphatic carbocycles. The Labute approximate surface area is 184 Å². The van der Waals surface area contributed by atoms with Crippen LogP contribution in [0.3, 0.4) is 0 Å². The molecular formula is C25H31N3O3. The second kappa shape index (κ2) is 8.97. The molecule has 0 amide bonds. The first-order valence-corrected chi connectivity index (χ1v) is 10.8. The Kier molecular flexibility index (Phi) is 6.54. The highest BCUT2D eigenvalue weighted by molar-refractivity contribution is 6.02. The van der Waals surface area contributed by atoms with Gasteiger partial charge in [0.1, 0.15) is 11.6 Å². The highest BCUT2D eigenvalue weighted by Crippen LogP contribution is 2.38. The van der Waals surface area contributed by atoms with Gasteiger partial charge in [0.05, 0.1) is 0 Å². The van der Waals surface area contributed by atoms with Crippen LogP contribution in [-0.4, -0.2) is 27.5 Å². The van der Waals surface area contributed by atoms with E-state index < -0.39 is 5.97 Å². The number of esters is 1. The van der Waals surface area contributed by atoms with Gasteiger partial charge in [0.15, 0.2) is 6.61 Å². The van der Waals surface area contributed by atoms with E-state index in [-0.39, 0.29) is 18.0 Å². The van der Waals surface area contributed by atoms with E-state index in [1.54, 1.807) is 6.08 Å². The molecule has 2 heterocycles. The van der Waals surface area contributed by atoms with Gasteiger partial charge in [-0.25, -0.2) is 4.79 Å². The van der Waals surface area contributed by atoms with Crippen LogP contribution in [0.1, 0.15) is 71.4 Å². The summed E-state index contributed by atoms with van der Waals surface area (Å²) in [5.41, 5.74) is 5.31. The molecule has 2 aromatic heterocycles. The third kappa shape index (κ3) is 4.82. The molecule has 0 unspecified atom stereocenters. The van der Waals surface area contributed by atoms with Gasteiger partial charge in [-0.15, -0.1) is 0 Å². The number of carbonyl (C=O) groups is 2. The summed E-state index contributed by atoms with van der Waals surface area (Å²) in [5, 5.41) is 9.49. The van der Waals surface area contributed by atoms with Crippen molar-refractivity contribution >= 4 is 17.8 Å². The fourth-order valence-electron chi connectivity index (χ4n) is 4.15. The molecule has 0 aromatic carbocycles. The zero-order valence-corrected chi connectivity index (χ0v) is 19.3. The van der Waals surface area contributed by atoms with Crippen LogP contribution < -0.4 is 0 Å². The van der Waals surface area contributed by atoms with Gasteiger partial charge in [0.25, 0.3) is 0 Å². The van der Waals surface area contributed by atoms with Crippen molar-refractivity contribution in [3.63, 3.8) is 0 Å². The number of nitrogens with zero attached hydrogens (tertiary/aromatic N) is 3. The molecule has 0 atom stereocenters. The number of ether oxygens (including phenoxy) is 1. The van der Waals surface area contributed by atoms with E-state index >= 15 is 0 Å². The molecule has 0 aliphatic heterocycles. The minimum absolute atomic E-state index is 0.110. The fraction of sp³-hybridized carbons (Fsp3) is 0.480. The van der Waals surface area contributed by atoms with Gasteiger partial charge < -0.3 is 13.9 Å². The summed E-state index contributed by atoms with van der Waals surface area (Å²) in [4.78, 5) is 25.1. The van der Waals surface area contributed by atoms with E-state index in [4.69, 9.17) is 4.74 Å². The molecule has 31 heavy (non-hydrogen) atoms. The Morgan fingerprint density at radius 2 is 1.84 bits per heavy atom. The van der Waals surface area contributed by atoms with E-state index in [1.807, 2.05) is 45.9 Å². The lowest BCUT2D eigenvalue weighted by atomic mass is 10.1. The molecule has 2 aromatic rings. The number of aromatic nitrogens is 2. The monoisotopic (exact) mass is 421 g/mol. The van der Waals surface area contributed by atoms with Crippen molar-refractivity contribution in [1.82, 2.24) is 9.13 Å². The van der Waals surface area contributed by atoms with Gasteiger partial charge in [-0.3, -0.25) is 4.79 Å². The Bertz CT molecular complexity index is 1090. The molecule has 3 rings (SSSR count). The predicted octanol–water partition coefficient (Wildman–Crippen LogP) is 4.85. The second-order valence-corrected chi connectivity index (χ2v) is 8.89. The number of Topliss-reactive ketones (excluding diaryl/α,β-unsaturated/α-hetero) is 1. The molecule has 1 saturated carbocycles. The van der Waals surface area contributed by atoms with Gasteiger partial charge in [-0.1, -0.05) is 13.8 Å². The number of carbonyl (C=O) groups excluding carboxylic acids is 2. The number of aryl methyl sites for hydroxylation is 2. The van der Waals surface area contributed by atoms with Crippen molar-refractivity contribution in [2.45, 2.75) is 67.0 Å². The maximum atomic E-state index is 12.7. The van der Waals surface area contributed by atoms with E-state index in [1.165, 1.54) is 0 Å². The molecule has 6 nitrogen and oxygen atoms in total. The molecule has 0 bridgehead atoms. The molecule has 164 valence electrons. The van der Waals surface area contributed by atoms with Crippen molar-refractivity contribution < 1.29 is 14.3 Å². The fourth-order valence-corrected chi connectivity index (χ4v) is 4.15. The average Bonchev–Trinajstić information content (AvgIpc) is 3.45. The number of nitriles is 1. The highest BCUT2D eigenvalue weighted by atomic mass is 16.5. The van der Waals surface area contributed by atoms with Crippen molar-refractivity contribution in [1.29, 1.82) is 5.26 Å². The molecule has 6 heteroatoms.